The molecule has 2 aromatic heterocycles. The maximum Gasteiger partial charge on any atom is 0.168 e. The minimum absolute atomic E-state index is 0.0658. The van der Waals surface area contributed by atoms with Gasteiger partial charge in [-0.2, -0.15) is 5.10 Å². The Morgan fingerprint density at radius 2 is 1.76 bits per heavy atom. The van der Waals surface area contributed by atoms with Crippen LogP contribution < -0.4 is 5.32 Å². The molecule has 0 bridgehead atoms. The van der Waals surface area contributed by atoms with Gasteiger partial charge in [0.15, 0.2) is 5.65 Å². The predicted molar refractivity (Wildman–Crippen MR) is 95.1 cm³/mol. The highest BCUT2D eigenvalue weighted by atomic mass is 19.1. The number of nitrogens with one attached hydrogen (secondary N) is 1. The summed E-state index contributed by atoms with van der Waals surface area (Å²) in [6, 6.07) is 16.6. The summed E-state index contributed by atoms with van der Waals surface area (Å²) in [6.07, 6.45) is 3.11. The van der Waals surface area contributed by atoms with Crippen LogP contribution in [0.4, 0.5) is 10.2 Å². The highest BCUT2D eigenvalue weighted by molar-refractivity contribution is 5.87. The van der Waals surface area contributed by atoms with Crippen molar-refractivity contribution in [2.45, 2.75) is 13.0 Å². The van der Waals surface area contributed by atoms with Gasteiger partial charge in [0.05, 0.1) is 11.6 Å². The summed E-state index contributed by atoms with van der Waals surface area (Å²) in [7, 11) is 0. The van der Waals surface area contributed by atoms with Gasteiger partial charge in [-0.05, 0) is 24.6 Å². The number of nitrogens with zero attached hydrogens (tertiary/aromatic N) is 4. The lowest BCUT2D eigenvalue weighted by molar-refractivity contribution is 0.612. The molecule has 0 amide bonds. The molecule has 2 heterocycles. The smallest absolute Gasteiger partial charge is 0.168 e. The van der Waals surface area contributed by atoms with Gasteiger partial charge in [0.2, 0.25) is 0 Å². The normalized spacial score (nSPS) is 12.2. The molecule has 6 heteroatoms. The van der Waals surface area contributed by atoms with E-state index in [1.807, 2.05) is 18.2 Å². The van der Waals surface area contributed by atoms with Crippen LogP contribution in [0.3, 0.4) is 0 Å². The van der Waals surface area contributed by atoms with Crippen LogP contribution in [0.2, 0.25) is 0 Å². The maximum atomic E-state index is 14.1. The zero-order chi connectivity index (χ0) is 17.2. The molecule has 1 atom stereocenters. The molecule has 1 N–H and O–H groups in total. The summed E-state index contributed by atoms with van der Waals surface area (Å²) < 4.78 is 15.6. The minimum atomic E-state index is -0.349. The topological polar surface area (TPSA) is 55.6 Å². The fourth-order valence-electron chi connectivity index (χ4n) is 2.79. The molecule has 0 saturated heterocycles. The number of halogens is 1. The van der Waals surface area contributed by atoms with E-state index in [9.17, 15) is 4.39 Å². The Hall–Kier alpha value is -3.28. The largest absolute Gasteiger partial charge is 0.363 e. The monoisotopic (exact) mass is 333 g/mol. The lowest BCUT2D eigenvalue weighted by Crippen LogP contribution is -2.08. The van der Waals surface area contributed by atoms with Crippen molar-refractivity contribution in [1.29, 1.82) is 0 Å². The number of benzene rings is 2. The van der Waals surface area contributed by atoms with Crippen molar-refractivity contribution in [2.24, 2.45) is 0 Å². The Labute approximate surface area is 144 Å². The molecule has 25 heavy (non-hydrogen) atoms. The Morgan fingerprint density at radius 3 is 2.56 bits per heavy atom. The van der Waals surface area contributed by atoms with Crippen molar-refractivity contribution in [3.05, 3.63) is 78.5 Å². The first-order valence-electron chi connectivity index (χ1n) is 7.99. The van der Waals surface area contributed by atoms with Crippen molar-refractivity contribution in [2.75, 3.05) is 5.32 Å². The average molecular weight is 333 g/mol. The zero-order valence-electron chi connectivity index (χ0n) is 13.6. The molecule has 4 aromatic rings. The SMILES string of the molecule is CC(Nc1ncnc2c1cnn2-c1ccccc1F)c1ccccc1. The van der Waals surface area contributed by atoms with Gasteiger partial charge < -0.3 is 5.32 Å². The number of hydrogen-bond donors (Lipinski definition) is 1. The molecule has 0 aliphatic carbocycles. The summed E-state index contributed by atoms with van der Waals surface area (Å²) in [5.41, 5.74) is 2.07. The second kappa shape index (κ2) is 6.32. The summed E-state index contributed by atoms with van der Waals surface area (Å²) >= 11 is 0. The fraction of sp³-hybridized carbons (Fsp3) is 0.105. The van der Waals surface area contributed by atoms with Crippen LogP contribution in [0.5, 0.6) is 0 Å². The third-order valence-electron chi connectivity index (χ3n) is 4.10. The number of anilines is 1. The summed E-state index contributed by atoms with van der Waals surface area (Å²) in [4.78, 5) is 8.61. The third-order valence-corrected chi connectivity index (χ3v) is 4.10. The van der Waals surface area contributed by atoms with Crippen molar-refractivity contribution in [3.63, 3.8) is 0 Å². The second-order valence-corrected chi connectivity index (χ2v) is 5.74. The number of fused-ring (bicyclic) bond motifs is 1. The molecule has 0 fully saturated rings. The van der Waals surface area contributed by atoms with Crippen LogP contribution in [0, 0.1) is 5.82 Å². The quantitative estimate of drug-likeness (QED) is 0.610. The molecule has 0 spiro atoms. The standard InChI is InChI=1S/C19H16FN5/c1-13(14-7-3-2-4-8-14)24-18-15-11-23-25(19(15)22-12-21-18)17-10-6-5-9-16(17)20/h2-13H,1H3,(H,21,22,24). The van der Waals surface area contributed by atoms with E-state index in [0.717, 1.165) is 10.9 Å². The van der Waals surface area contributed by atoms with E-state index in [0.29, 0.717) is 17.2 Å². The van der Waals surface area contributed by atoms with Crippen molar-refractivity contribution in [3.8, 4) is 5.69 Å². The van der Waals surface area contributed by atoms with Gasteiger partial charge in [0.25, 0.3) is 0 Å². The molecule has 4 rings (SSSR count). The fourth-order valence-corrected chi connectivity index (χ4v) is 2.79. The van der Waals surface area contributed by atoms with E-state index >= 15 is 0 Å². The van der Waals surface area contributed by atoms with E-state index in [4.69, 9.17) is 0 Å². The lowest BCUT2D eigenvalue weighted by Gasteiger charge is -2.15. The number of rotatable bonds is 4. The van der Waals surface area contributed by atoms with Crippen LogP contribution in [0.25, 0.3) is 16.7 Å². The number of aromatic nitrogens is 4. The van der Waals surface area contributed by atoms with Crippen molar-refractivity contribution in [1.82, 2.24) is 19.7 Å². The first-order valence-corrected chi connectivity index (χ1v) is 7.99. The van der Waals surface area contributed by atoms with Crippen molar-refractivity contribution >= 4 is 16.9 Å². The van der Waals surface area contributed by atoms with Crippen LogP contribution in [-0.2, 0) is 0 Å². The summed E-state index contributed by atoms with van der Waals surface area (Å²) in [5, 5.41) is 8.43. The van der Waals surface area contributed by atoms with Crippen LogP contribution in [-0.4, -0.2) is 19.7 Å². The van der Waals surface area contributed by atoms with Crippen molar-refractivity contribution < 1.29 is 4.39 Å². The van der Waals surface area contributed by atoms with Gasteiger partial charge in [-0.15, -0.1) is 0 Å². The molecular formula is C19H16FN5. The van der Waals surface area contributed by atoms with Crippen LogP contribution in [0.15, 0.2) is 67.1 Å². The van der Waals surface area contributed by atoms with E-state index in [2.05, 4.69) is 39.4 Å². The Balaban J connectivity index is 1.74. The first-order chi connectivity index (χ1) is 12.2. The molecule has 5 nitrogen and oxygen atoms in total. The maximum absolute atomic E-state index is 14.1. The summed E-state index contributed by atoms with van der Waals surface area (Å²) in [5.74, 6) is 0.321. The Morgan fingerprint density at radius 1 is 1.00 bits per heavy atom. The summed E-state index contributed by atoms with van der Waals surface area (Å²) in [6.45, 7) is 2.06. The van der Waals surface area contributed by atoms with Gasteiger partial charge >= 0.3 is 0 Å². The van der Waals surface area contributed by atoms with E-state index in [1.54, 1.807) is 24.4 Å². The molecule has 2 aromatic carbocycles. The van der Waals surface area contributed by atoms with E-state index in [-0.39, 0.29) is 11.9 Å². The Bertz CT molecular complexity index is 1010. The molecular weight excluding hydrogens is 317 g/mol. The highest BCUT2D eigenvalue weighted by Gasteiger charge is 2.15. The zero-order valence-corrected chi connectivity index (χ0v) is 13.6. The van der Waals surface area contributed by atoms with Gasteiger partial charge in [-0.25, -0.2) is 19.0 Å². The lowest BCUT2D eigenvalue weighted by atomic mass is 10.1. The first kappa shape index (κ1) is 15.3. The van der Waals surface area contributed by atoms with Gasteiger partial charge in [-0.3, -0.25) is 0 Å². The van der Waals surface area contributed by atoms with E-state index < -0.39 is 0 Å². The molecule has 0 saturated carbocycles. The Kier molecular flexibility index (Phi) is 3.85. The van der Waals surface area contributed by atoms with Gasteiger partial charge in [0, 0.05) is 6.04 Å². The van der Waals surface area contributed by atoms with Gasteiger partial charge in [0.1, 0.15) is 23.6 Å². The second-order valence-electron chi connectivity index (χ2n) is 5.74. The molecule has 0 aliphatic rings. The van der Waals surface area contributed by atoms with Crippen LogP contribution in [0.1, 0.15) is 18.5 Å². The molecule has 1 unspecified atom stereocenters. The van der Waals surface area contributed by atoms with Crippen LogP contribution >= 0.6 is 0 Å². The average Bonchev–Trinajstić information content (AvgIpc) is 3.08. The third kappa shape index (κ3) is 2.82. The molecule has 0 radical (unpaired) electrons. The minimum Gasteiger partial charge on any atom is -0.363 e. The van der Waals surface area contributed by atoms with E-state index in [1.165, 1.54) is 17.1 Å². The van der Waals surface area contributed by atoms with Gasteiger partial charge in [-0.1, -0.05) is 42.5 Å². The molecule has 0 aliphatic heterocycles. The molecule has 124 valence electrons. The number of para-hydroxylation sites is 1. The predicted octanol–water partition coefficient (Wildman–Crippen LogP) is 4.13. The number of hydrogen-bond acceptors (Lipinski definition) is 4. The highest BCUT2D eigenvalue weighted by Crippen LogP contribution is 2.25.